The van der Waals surface area contributed by atoms with Crippen molar-refractivity contribution in [1.29, 1.82) is 0 Å². The molecule has 1 saturated carbocycles. The number of nitrogens with zero attached hydrogens (tertiary/aromatic N) is 1. The SMILES string of the molecule is O=C(CN1CC[C@@H]2CCCC[C@@H]2C1)Nc1cccc2c1C(=O)c1ccccc1C2=O. The molecule has 5 heteroatoms. The standard InChI is InChI=1S/C25H26N2O3/c28-22(15-27-13-12-16-6-1-2-7-17(16)14-27)26-21-11-5-10-20-23(21)25(30)19-9-4-3-8-18(19)24(20)29/h3-5,8-11,16-17H,1-2,6-7,12-15H2,(H,26,28)/t16-,17+/m0/s1. The number of hydrogen-bond acceptors (Lipinski definition) is 4. The summed E-state index contributed by atoms with van der Waals surface area (Å²) in [6, 6.07) is 12.0. The average molecular weight is 402 g/mol. The predicted molar refractivity (Wildman–Crippen MR) is 115 cm³/mol. The van der Waals surface area contributed by atoms with Crippen LogP contribution in [-0.2, 0) is 4.79 Å². The van der Waals surface area contributed by atoms with Gasteiger partial charge in [0.05, 0.1) is 17.8 Å². The Balaban J connectivity index is 1.33. The molecule has 1 amide bonds. The summed E-state index contributed by atoms with van der Waals surface area (Å²) in [6.45, 7) is 2.26. The normalized spacial score (nSPS) is 23.3. The number of amides is 1. The van der Waals surface area contributed by atoms with E-state index in [9.17, 15) is 14.4 Å². The molecule has 3 aliphatic rings. The van der Waals surface area contributed by atoms with Gasteiger partial charge in [0.2, 0.25) is 5.91 Å². The highest BCUT2D eigenvalue weighted by Crippen LogP contribution is 2.36. The number of rotatable bonds is 3. The van der Waals surface area contributed by atoms with E-state index in [1.165, 1.54) is 32.1 Å². The zero-order chi connectivity index (χ0) is 20.7. The Morgan fingerprint density at radius 2 is 1.57 bits per heavy atom. The molecule has 2 atom stereocenters. The first-order chi connectivity index (χ1) is 14.6. The van der Waals surface area contributed by atoms with Crippen LogP contribution >= 0.6 is 0 Å². The molecule has 154 valence electrons. The largest absolute Gasteiger partial charge is 0.324 e. The molecule has 1 aliphatic heterocycles. The zero-order valence-corrected chi connectivity index (χ0v) is 17.0. The van der Waals surface area contributed by atoms with E-state index in [1.807, 2.05) is 0 Å². The number of fused-ring (bicyclic) bond motifs is 3. The Kier molecular flexibility index (Phi) is 4.99. The fourth-order valence-electron chi connectivity index (χ4n) is 5.46. The Morgan fingerprint density at radius 1 is 0.867 bits per heavy atom. The monoisotopic (exact) mass is 402 g/mol. The van der Waals surface area contributed by atoms with Gasteiger partial charge in [-0.1, -0.05) is 55.7 Å². The van der Waals surface area contributed by atoms with Gasteiger partial charge in [0.1, 0.15) is 0 Å². The fourth-order valence-corrected chi connectivity index (χ4v) is 5.46. The highest BCUT2D eigenvalue weighted by molar-refractivity contribution is 6.30. The molecule has 1 N–H and O–H groups in total. The van der Waals surface area contributed by atoms with Gasteiger partial charge in [-0.3, -0.25) is 19.3 Å². The summed E-state index contributed by atoms with van der Waals surface area (Å²) in [5.41, 5.74) is 1.92. The molecule has 0 spiro atoms. The van der Waals surface area contributed by atoms with Gasteiger partial charge in [-0.15, -0.1) is 0 Å². The first kappa shape index (κ1) is 19.2. The van der Waals surface area contributed by atoms with Crippen LogP contribution < -0.4 is 5.32 Å². The van der Waals surface area contributed by atoms with Crippen molar-refractivity contribution in [2.75, 3.05) is 25.0 Å². The number of carbonyl (C=O) groups is 3. The van der Waals surface area contributed by atoms with Crippen LogP contribution in [-0.4, -0.2) is 42.0 Å². The number of nitrogens with one attached hydrogen (secondary N) is 1. The lowest BCUT2D eigenvalue weighted by Gasteiger charge is -2.41. The van der Waals surface area contributed by atoms with E-state index < -0.39 is 0 Å². The average Bonchev–Trinajstić information content (AvgIpc) is 2.77. The molecule has 0 aromatic heterocycles. The Morgan fingerprint density at radius 3 is 2.37 bits per heavy atom. The molecule has 2 aromatic carbocycles. The van der Waals surface area contributed by atoms with Crippen molar-refractivity contribution in [3.8, 4) is 0 Å². The smallest absolute Gasteiger partial charge is 0.238 e. The van der Waals surface area contributed by atoms with E-state index in [-0.39, 0.29) is 17.5 Å². The summed E-state index contributed by atoms with van der Waals surface area (Å²) >= 11 is 0. The van der Waals surface area contributed by atoms with Crippen molar-refractivity contribution in [3.05, 3.63) is 64.7 Å². The van der Waals surface area contributed by atoms with Crippen LogP contribution in [0, 0.1) is 11.8 Å². The van der Waals surface area contributed by atoms with Crippen LogP contribution in [0.25, 0.3) is 0 Å². The predicted octanol–water partition coefficient (Wildman–Crippen LogP) is 3.91. The Bertz CT molecular complexity index is 1030. The molecule has 0 unspecified atom stereocenters. The fraction of sp³-hybridized carbons (Fsp3) is 0.400. The Hall–Kier alpha value is -2.79. The highest BCUT2D eigenvalue weighted by atomic mass is 16.2. The molecule has 5 nitrogen and oxygen atoms in total. The molecule has 30 heavy (non-hydrogen) atoms. The van der Waals surface area contributed by atoms with Crippen LogP contribution in [0.15, 0.2) is 42.5 Å². The van der Waals surface area contributed by atoms with Crippen LogP contribution in [0.3, 0.4) is 0 Å². The van der Waals surface area contributed by atoms with Crippen molar-refractivity contribution in [3.63, 3.8) is 0 Å². The highest BCUT2D eigenvalue weighted by Gasteiger charge is 2.33. The minimum atomic E-state index is -0.209. The minimum Gasteiger partial charge on any atom is -0.324 e. The Labute approximate surface area is 176 Å². The van der Waals surface area contributed by atoms with Crippen molar-refractivity contribution in [2.24, 2.45) is 11.8 Å². The molecule has 2 aliphatic carbocycles. The van der Waals surface area contributed by atoms with E-state index in [4.69, 9.17) is 0 Å². The number of carbonyl (C=O) groups excluding carboxylic acids is 3. The van der Waals surface area contributed by atoms with Gasteiger partial charge in [-0.25, -0.2) is 0 Å². The van der Waals surface area contributed by atoms with Gasteiger partial charge in [0, 0.05) is 23.2 Å². The van der Waals surface area contributed by atoms with E-state index in [0.717, 1.165) is 19.0 Å². The summed E-state index contributed by atoms with van der Waals surface area (Å²) in [7, 11) is 0. The van der Waals surface area contributed by atoms with E-state index in [0.29, 0.717) is 40.4 Å². The number of ketones is 2. The molecular formula is C25H26N2O3. The van der Waals surface area contributed by atoms with Gasteiger partial charge < -0.3 is 5.32 Å². The zero-order valence-electron chi connectivity index (χ0n) is 17.0. The number of piperidine rings is 1. The lowest BCUT2D eigenvalue weighted by molar-refractivity contribution is -0.118. The molecule has 2 aromatic rings. The van der Waals surface area contributed by atoms with Crippen LogP contribution in [0.2, 0.25) is 0 Å². The number of anilines is 1. The maximum atomic E-state index is 13.1. The quantitative estimate of drug-likeness (QED) is 0.721. The molecular weight excluding hydrogens is 376 g/mol. The summed E-state index contributed by atoms with van der Waals surface area (Å²) in [5, 5.41) is 2.92. The molecule has 2 fully saturated rings. The molecule has 0 bridgehead atoms. The maximum Gasteiger partial charge on any atom is 0.238 e. The number of benzene rings is 2. The topological polar surface area (TPSA) is 66.5 Å². The van der Waals surface area contributed by atoms with Gasteiger partial charge in [-0.05, 0) is 37.3 Å². The summed E-state index contributed by atoms with van der Waals surface area (Å²) < 4.78 is 0. The van der Waals surface area contributed by atoms with E-state index in [2.05, 4.69) is 10.2 Å². The molecule has 5 rings (SSSR count). The summed E-state index contributed by atoms with van der Waals surface area (Å²) in [4.78, 5) is 41.0. The molecule has 0 radical (unpaired) electrons. The van der Waals surface area contributed by atoms with Gasteiger partial charge in [-0.2, -0.15) is 0 Å². The molecule has 1 heterocycles. The maximum absolute atomic E-state index is 13.1. The lowest BCUT2D eigenvalue weighted by atomic mass is 9.75. The van der Waals surface area contributed by atoms with E-state index in [1.54, 1.807) is 42.5 Å². The van der Waals surface area contributed by atoms with Crippen molar-refractivity contribution >= 4 is 23.2 Å². The summed E-state index contributed by atoms with van der Waals surface area (Å²) in [5.74, 6) is 1.02. The van der Waals surface area contributed by atoms with Crippen LogP contribution in [0.5, 0.6) is 0 Å². The van der Waals surface area contributed by atoms with Gasteiger partial charge >= 0.3 is 0 Å². The summed E-state index contributed by atoms with van der Waals surface area (Å²) in [6.07, 6.45) is 6.41. The first-order valence-electron chi connectivity index (χ1n) is 11.0. The third-order valence-electron chi connectivity index (χ3n) is 6.97. The van der Waals surface area contributed by atoms with Gasteiger partial charge in [0.15, 0.2) is 11.6 Å². The first-order valence-corrected chi connectivity index (χ1v) is 11.0. The van der Waals surface area contributed by atoms with Gasteiger partial charge in [0.25, 0.3) is 0 Å². The van der Waals surface area contributed by atoms with E-state index >= 15 is 0 Å². The van der Waals surface area contributed by atoms with Crippen molar-refractivity contribution in [1.82, 2.24) is 4.90 Å². The van der Waals surface area contributed by atoms with Crippen LogP contribution in [0.1, 0.15) is 63.9 Å². The minimum absolute atomic E-state index is 0.128. The molecule has 1 saturated heterocycles. The number of likely N-dealkylation sites (tertiary alicyclic amines) is 1. The second-order valence-corrected chi connectivity index (χ2v) is 8.81. The lowest BCUT2D eigenvalue weighted by Crippen LogP contribution is -2.45. The van der Waals surface area contributed by atoms with Crippen LogP contribution in [0.4, 0.5) is 5.69 Å². The second-order valence-electron chi connectivity index (χ2n) is 8.81. The third kappa shape index (κ3) is 3.37. The van der Waals surface area contributed by atoms with Crippen molar-refractivity contribution < 1.29 is 14.4 Å². The third-order valence-corrected chi connectivity index (χ3v) is 6.97. The van der Waals surface area contributed by atoms with Crippen molar-refractivity contribution in [2.45, 2.75) is 32.1 Å². The second kappa shape index (κ2) is 7.80. The number of hydrogen-bond donors (Lipinski definition) is 1.